The van der Waals surface area contributed by atoms with Crippen molar-refractivity contribution in [1.29, 1.82) is 0 Å². The van der Waals surface area contributed by atoms with Gasteiger partial charge >= 0.3 is 0 Å². The summed E-state index contributed by atoms with van der Waals surface area (Å²) < 4.78 is 8.25. The van der Waals surface area contributed by atoms with E-state index in [9.17, 15) is 0 Å². The number of ether oxygens (including phenoxy) is 1. The van der Waals surface area contributed by atoms with Gasteiger partial charge in [-0.15, -0.1) is 0 Å². The second-order valence-corrected chi connectivity index (χ2v) is 8.35. The minimum Gasteiger partial charge on any atom is -0.376 e. The summed E-state index contributed by atoms with van der Waals surface area (Å²) in [6, 6.07) is 21.0. The van der Waals surface area contributed by atoms with Crippen LogP contribution in [0, 0.1) is 0 Å². The van der Waals surface area contributed by atoms with E-state index in [1.165, 1.54) is 11.3 Å². The van der Waals surface area contributed by atoms with Crippen LogP contribution >= 0.6 is 12.2 Å². The standard InChI is InChI=1S/C24H26N4OS/c30-24-26-22(20-11-4-5-13-25-20)23(28(24)16-18-8-2-1-3-9-18)21-12-6-14-27(21)17-19-10-7-15-29-19/h1-6,8-9,11-14,19,22-23H,7,10,15-17H2,(H,26,30)/t19-,22+,23+/m0/s1. The molecule has 0 radical (unpaired) electrons. The molecule has 5 rings (SSSR count). The third-order valence-electron chi connectivity index (χ3n) is 5.99. The first-order valence-corrected chi connectivity index (χ1v) is 11.0. The van der Waals surface area contributed by atoms with Gasteiger partial charge < -0.3 is 19.5 Å². The summed E-state index contributed by atoms with van der Waals surface area (Å²) in [5, 5.41) is 4.32. The van der Waals surface area contributed by atoms with Gasteiger partial charge in [-0.3, -0.25) is 4.98 Å². The molecule has 30 heavy (non-hydrogen) atoms. The molecule has 0 aliphatic carbocycles. The summed E-state index contributed by atoms with van der Waals surface area (Å²) in [6.07, 6.45) is 6.56. The smallest absolute Gasteiger partial charge is 0.170 e. The van der Waals surface area contributed by atoms with Gasteiger partial charge in [-0.2, -0.15) is 0 Å². The van der Waals surface area contributed by atoms with E-state index in [0.717, 1.165) is 43.3 Å². The van der Waals surface area contributed by atoms with Crippen LogP contribution in [0.1, 0.15) is 41.9 Å². The van der Waals surface area contributed by atoms with Crippen LogP contribution in [0.4, 0.5) is 0 Å². The van der Waals surface area contributed by atoms with Crippen molar-refractivity contribution in [3.63, 3.8) is 0 Å². The third-order valence-corrected chi connectivity index (χ3v) is 6.34. The third kappa shape index (κ3) is 3.85. The van der Waals surface area contributed by atoms with Crippen molar-refractivity contribution in [2.24, 2.45) is 0 Å². The highest BCUT2D eigenvalue weighted by atomic mass is 32.1. The topological polar surface area (TPSA) is 42.3 Å². The lowest BCUT2D eigenvalue weighted by Crippen LogP contribution is -2.30. The summed E-state index contributed by atoms with van der Waals surface area (Å²) in [7, 11) is 0. The number of benzene rings is 1. The highest BCUT2D eigenvalue weighted by Gasteiger charge is 2.41. The molecule has 5 nitrogen and oxygen atoms in total. The lowest BCUT2D eigenvalue weighted by Gasteiger charge is -2.29. The van der Waals surface area contributed by atoms with Crippen molar-refractivity contribution in [3.8, 4) is 0 Å². The van der Waals surface area contributed by atoms with E-state index in [4.69, 9.17) is 17.0 Å². The molecule has 3 atom stereocenters. The molecule has 1 aromatic carbocycles. The molecule has 2 saturated heterocycles. The van der Waals surface area contributed by atoms with Crippen LogP contribution < -0.4 is 5.32 Å². The second kappa shape index (κ2) is 8.58. The maximum Gasteiger partial charge on any atom is 0.170 e. The van der Waals surface area contributed by atoms with Crippen LogP contribution in [-0.2, 0) is 17.8 Å². The van der Waals surface area contributed by atoms with Gasteiger partial charge in [0, 0.05) is 37.8 Å². The van der Waals surface area contributed by atoms with Gasteiger partial charge in [0.05, 0.1) is 23.9 Å². The molecule has 154 valence electrons. The Bertz CT molecular complexity index is 985. The van der Waals surface area contributed by atoms with Gasteiger partial charge in [0.15, 0.2) is 5.11 Å². The number of hydrogen-bond donors (Lipinski definition) is 1. The predicted molar refractivity (Wildman–Crippen MR) is 121 cm³/mol. The van der Waals surface area contributed by atoms with Crippen LogP contribution in [0.25, 0.3) is 0 Å². The largest absolute Gasteiger partial charge is 0.376 e. The Morgan fingerprint density at radius 3 is 2.70 bits per heavy atom. The number of nitrogens with zero attached hydrogens (tertiary/aromatic N) is 3. The molecular weight excluding hydrogens is 392 g/mol. The zero-order valence-corrected chi connectivity index (χ0v) is 17.7. The van der Waals surface area contributed by atoms with Crippen LogP contribution in [0.2, 0.25) is 0 Å². The monoisotopic (exact) mass is 418 g/mol. The normalized spacial score (nSPS) is 23.7. The van der Waals surface area contributed by atoms with Crippen LogP contribution in [0.15, 0.2) is 73.1 Å². The fourth-order valence-electron chi connectivity index (χ4n) is 4.55. The van der Waals surface area contributed by atoms with E-state index in [1.807, 2.05) is 24.4 Å². The Labute approximate surface area is 182 Å². The minimum atomic E-state index is 0.000517. The van der Waals surface area contributed by atoms with Crippen molar-refractivity contribution in [2.75, 3.05) is 6.61 Å². The van der Waals surface area contributed by atoms with E-state index in [1.54, 1.807) is 0 Å². The molecule has 2 aromatic heterocycles. The SMILES string of the molecule is S=C1N[C@H](c2ccccn2)[C@@H](c2cccn2C[C@@H]2CCCO2)N1Cc1ccccc1. The molecule has 0 saturated carbocycles. The molecule has 0 unspecified atom stereocenters. The van der Waals surface area contributed by atoms with Crippen molar-refractivity contribution >= 4 is 17.3 Å². The molecular formula is C24H26N4OS. The van der Waals surface area contributed by atoms with E-state index < -0.39 is 0 Å². The van der Waals surface area contributed by atoms with E-state index >= 15 is 0 Å². The van der Waals surface area contributed by atoms with Crippen molar-refractivity contribution in [2.45, 2.75) is 44.1 Å². The Kier molecular flexibility index (Phi) is 5.51. The summed E-state index contributed by atoms with van der Waals surface area (Å²) in [6.45, 7) is 2.50. The number of hydrogen-bond acceptors (Lipinski definition) is 3. The zero-order chi connectivity index (χ0) is 20.3. The summed E-state index contributed by atoms with van der Waals surface area (Å²) in [5.41, 5.74) is 3.49. The number of thiocarbonyl (C=S) groups is 1. The molecule has 0 spiro atoms. The van der Waals surface area contributed by atoms with Crippen LogP contribution in [-0.4, -0.2) is 32.3 Å². The summed E-state index contributed by atoms with van der Waals surface area (Å²) in [5.74, 6) is 0. The average Bonchev–Trinajstić information content (AvgIpc) is 3.52. The zero-order valence-electron chi connectivity index (χ0n) is 16.9. The van der Waals surface area contributed by atoms with Gasteiger partial charge in [-0.05, 0) is 54.9 Å². The van der Waals surface area contributed by atoms with Crippen molar-refractivity contribution in [1.82, 2.24) is 19.8 Å². The molecule has 3 aromatic rings. The summed E-state index contributed by atoms with van der Waals surface area (Å²) in [4.78, 5) is 6.94. The fraction of sp³-hybridized carbons (Fsp3) is 0.333. The first-order valence-electron chi connectivity index (χ1n) is 10.6. The highest BCUT2D eigenvalue weighted by molar-refractivity contribution is 7.80. The predicted octanol–water partition coefficient (Wildman–Crippen LogP) is 4.23. The Hall–Kier alpha value is -2.70. The Morgan fingerprint density at radius 1 is 1.07 bits per heavy atom. The first-order chi connectivity index (χ1) is 14.8. The molecule has 6 heteroatoms. The molecule has 0 bridgehead atoms. The maximum absolute atomic E-state index is 5.91. The highest BCUT2D eigenvalue weighted by Crippen LogP contribution is 2.39. The quantitative estimate of drug-likeness (QED) is 0.607. The number of pyridine rings is 1. The van der Waals surface area contributed by atoms with Gasteiger partial charge in [-0.25, -0.2) is 0 Å². The Balaban J connectivity index is 1.51. The number of aromatic nitrogens is 2. The van der Waals surface area contributed by atoms with E-state index in [-0.39, 0.29) is 18.2 Å². The molecule has 2 aliphatic rings. The van der Waals surface area contributed by atoms with Gasteiger partial charge in [-0.1, -0.05) is 36.4 Å². The minimum absolute atomic E-state index is 0.000517. The van der Waals surface area contributed by atoms with Gasteiger partial charge in [0.1, 0.15) is 0 Å². The fourth-order valence-corrected chi connectivity index (χ4v) is 4.85. The number of nitrogens with one attached hydrogen (secondary N) is 1. The first kappa shape index (κ1) is 19.3. The van der Waals surface area contributed by atoms with Gasteiger partial charge in [0.2, 0.25) is 0 Å². The molecule has 2 aliphatic heterocycles. The second-order valence-electron chi connectivity index (χ2n) is 7.96. The molecule has 4 heterocycles. The lowest BCUT2D eigenvalue weighted by atomic mass is 10.0. The lowest BCUT2D eigenvalue weighted by molar-refractivity contribution is 0.0953. The van der Waals surface area contributed by atoms with Crippen molar-refractivity contribution < 1.29 is 4.74 Å². The maximum atomic E-state index is 5.91. The van der Waals surface area contributed by atoms with E-state index in [2.05, 4.69) is 68.4 Å². The molecule has 2 fully saturated rings. The average molecular weight is 419 g/mol. The Morgan fingerprint density at radius 2 is 1.93 bits per heavy atom. The van der Waals surface area contributed by atoms with E-state index in [0.29, 0.717) is 0 Å². The molecule has 1 N–H and O–H groups in total. The number of rotatable bonds is 6. The van der Waals surface area contributed by atoms with Gasteiger partial charge in [0.25, 0.3) is 0 Å². The summed E-state index contributed by atoms with van der Waals surface area (Å²) >= 11 is 5.81. The van der Waals surface area contributed by atoms with Crippen LogP contribution in [0.3, 0.4) is 0 Å². The van der Waals surface area contributed by atoms with Crippen molar-refractivity contribution in [3.05, 3.63) is 90.0 Å². The molecule has 0 amide bonds. The van der Waals surface area contributed by atoms with Crippen LogP contribution in [0.5, 0.6) is 0 Å².